The van der Waals surface area contributed by atoms with Crippen molar-refractivity contribution in [2.45, 2.75) is 41.5 Å². The van der Waals surface area contributed by atoms with Gasteiger partial charge in [-0.2, -0.15) is 5.26 Å². The summed E-state index contributed by atoms with van der Waals surface area (Å²) in [5.41, 5.74) is 3.48. The molecule has 0 aliphatic carbocycles. The molecule has 2 rings (SSSR count). The summed E-state index contributed by atoms with van der Waals surface area (Å²) in [4.78, 5) is 27.1. The van der Waals surface area contributed by atoms with Crippen molar-refractivity contribution >= 4 is 20.0 Å². The van der Waals surface area contributed by atoms with Crippen molar-refractivity contribution in [1.29, 1.82) is 5.26 Å². The third-order valence-electron chi connectivity index (χ3n) is 5.08. The first-order chi connectivity index (χ1) is 13.1. The lowest BCUT2D eigenvalue weighted by Gasteiger charge is -2.25. The second kappa shape index (κ2) is 8.17. The van der Waals surface area contributed by atoms with E-state index in [9.17, 15) is 19.4 Å². The highest BCUT2D eigenvalue weighted by atomic mass is 31.1. The first-order valence-corrected chi connectivity index (χ1v) is 10.0. The van der Waals surface area contributed by atoms with Crippen LogP contribution in [0.15, 0.2) is 24.3 Å². The van der Waals surface area contributed by atoms with Crippen molar-refractivity contribution < 1.29 is 14.2 Å². The molecule has 2 aromatic carbocycles. The maximum atomic E-state index is 13.6. The molecule has 0 amide bonds. The Balaban J connectivity index is 2.76. The van der Waals surface area contributed by atoms with E-state index in [2.05, 4.69) is 0 Å². The van der Waals surface area contributed by atoms with Crippen LogP contribution >= 0.6 is 8.46 Å². The Labute approximate surface area is 167 Å². The summed E-state index contributed by atoms with van der Waals surface area (Å²) in [5.74, 6) is -1.17. The molecular formula is C23H24NO3P. The Morgan fingerprint density at radius 3 is 1.39 bits per heavy atom. The SMILES string of the molecule is Cc1cc(C)c(C(=O)C(C#N)(CP=O)C(=O)c2c(C)cc(C)cc2C)c(C)c1. The van der Waals surface area contributed by atoms with Crippen LogP contribution in [0.1, 0.15) is 54.1 Å². The monoisotopic (exact) mass is 393 g/mol. The van der Waals surface area contributed by atoms with E-state index >= 15 is 0 Å². The molecule has 2 aromatic rings. The molecule has 0 bridgehead atoms. The van der Waals surface area contributed by atoms with E-state index < -0.39 is 25.4 Å². The van der Waals surface area contributed by atoms with Crippen LogP contribution in [0.5, 0.6) is 0 Å². The highest BCUT2D eigenvalue weighted by Crippen LogP contribution is 2.35. The summed E-state index contributed by atoms with van der Waals surface area (Å²) >= 11 is 0. The Morgan fingerprint density at radius 1 is 0.821 bits per heavy atom. The number of carbonyl (C=O) groups excluding carboxylic acids is 2. The van der Waals surface area contributed by atoms with Gasteiger partial charge >= 0.3 is 0 Å². The molecule has 0 fully saturated rings. The van der Waals surface area contributed by atoms with Gasteiger partial charge in [0.15, 0.2) is 25.4 Å². The van der Waals surface area contributed by atoms with E-state index in [4.69, 9.17) is 0 Å². The summed E-state index contributed by atoms with van der Waals surface area (Å²) in [5, 5.41) is 10.0. The van der Waals surface area contributed by atoms with Gasteiger partial charge in [-0.1, -0.05) is 35.4 Å². The minimum absolute atomic E-state index is 0.353. The predicted octanol–water partition coefficient (Wildman–Crippen LogP) is 5.40. The minimum atomic E-state index is -2.03. The van der Waals surface area contributed by atoms with E-state index in [0.717, 1.165) is 11.1 Å². The number of aryl methyl sites for hydroxylation is 6. The summed E-state index contributed by atoms with van der Waals surface area (Å²) in [7, 11) is -0.423. The Kier molecular flexibility index (Phi) is 6.32. The fourth-order valence-corrected chi connectivity index (χ4v) is 4.54. The Morgan fingerprint density at radius 2 is 1.14 bits per heavy atom. The summed E-state index contributed by atoms with van der Waals surface area (Å²) < 4.78 is 11.5. The maximum Gasteiger partial charge on any atom is 0.193 e. The highest BCUT2D eigenvalue weighted by Gasteiger charge is 2.48. The fraction of sp³-hybridized carbons (Fsp3) is 0.348. The molecule has 0 atom stereocenters. The first kappa shape index (κ1) is 21.7. The van der Waals surface area contributed by atoms with Crippen LogP contribution in [0.4, 0.5) is 0 Å². The molecule has 0 aromatic heterocycles. The molecule has 144 valence electrons. The molecule has 0 saturated heterocycles. The zero-order valence-corrected chi connectivity index (χ0v) is 18.0. The van der Waals surface area contributed by atoms with Gasteiger partial charge in [0, 0.05) is 11.1 Å². The molecule has 0 radical (unpaired) electrons. The van der Waals surface area contributed by atoms with Gasteiger partial charge in [-0.15, -0.1) is 0 Å². The van der Waals surface area contributed by atoms with E-state index in [1.807, 2.05) is 44.2 Å². The lowest BCUT2D eigenvalue weighted by atomic mass is 9.73. The number of carbonyl (C=O) groups is 2. The normalized spacial score (nSPS) is 11.3. The topological polar surface area (TPSA) is 75.0 Å². The molecule has 0 heterocycles. The van der Waals surface area contributed by atoms with Gasteiger partial charge in [-0.3, -0.25) is 14.2 Å². The average molecular weight is 393 g/mol. The van der Waals surface area contributed by atoms with Crippen LogP contribution in [0.2, 0.25) is 0 Å². The lowest BCUT2D eigenvalue weighted by Crippen LogP contribution is -2.41. The predicted molar refractivity (Wildman–Crippen MR) is 110 cm³/mol. The molecule has 0 aliphatic rings. The molecule has 28 heavy (non-hydrogen) atoms. The van der Waals surface area contributed by atoms with E-state index in [1.54, 1.807) is 27.7 Å². The molecule has 4 nitrogen and oxygen atoms in total. The van der Waals surface area contributed by atoms with Crippen LogP contribution in [0.3, 0.4) is 0 Å². The van der Waals surface area contributed by atoms with Gasteiger partial charge < -0.3 is 0 Å². The average Bonchev–Trinajstić information content (AvgIpc) is 2.57. The molecule has 5 heteroatoms. The molecule has 0 N–H and O–H groups in total. The van der Waals surface area contributed by atoms with E-state index in [-0.39, 0.29) is 6.16 Å². The van der Waals surface area contributed by atoms with Crippen LogP contribution in [0, 0.1) is 58.3 Å². The molecule has 0 unspecified atom stereocenters. The number of rotatable bonds is 6. The Hall–Kier alpha value is -2.63. The second-order valence-electron chi connectivity index (χ2n) is 7.51. The number of nitrogens with zero attached hydrogens (tertiary/aromatic N) is 1. The zero-order chi connectivity index (χ0) is 21.2. The molecule has 0 spiro atoms. The first-order valence-electron chi connectivity index (χ1n) is 9.04. The second-order valence-corrected chi connectivity index (χ2v) is 8.08. The number of nitriles is 1. The van der Waals surface area contributed by atoms with Crippen molar-refractivity contribution in [3.63, 3.8) is 0 Å². The molecule has 0 aliphatic heterocycles. The van der Waals surface area contributed by atoms with Crippen molar-refractivity contribution in [2.24, 2.45) is 5.41 Å². The van der Waals surface area contributed by atoms with Gasteiger partial charge in [-0.25, -0.2) is 0 Å². The van der Waals surface area contributed by atoms with Gasteiger partial charge in [0.1, 0.15) is 0 Å². The highest BCUT2D eigenvalue weighted by molar-refractivity contribution is 7.24. The van der Waals surface area contributed by atoms with E-state index in [1.165, 1.54) is 0 Å². The molecule has 0 saturated carbocycles. The third-order valence-corrected chi connectivity index (χ3v) is 5.68. The summed E-state index contributed by atoms with van der Waals surface area (Å²) in [6, 6.07) is 9.35. The van der Waals surface area contributed by atoms with E-state index in [0.29, 0.717) is 33.4 Å². The lowest BCUT2D eigenvalue weighted by molar-refractivity contribution is 0.0757. The van der Waals surface area contributed by atoms with Crippen molar-refractivity contribution in [3.8, 4) is 6.07 Å². The number of hydrogen-bond donors (Lipinski definition) is 0. The largest absolute Gasteiger partial charge is 0.292 e. The summed E-state index contributed by atoms with van der Waals surface area (Å²) in [6.45, 7) is 11.0. The van der Waals surface area contributed by atoms with Crippen molar-refractivity contribution in [2.75, 3.05) is 6.16 Å². The molecular weight excluding hydrogens is 369 g/mol. The number of benzene rings is 2. The van der Waals surface area contributed by atoms with Gasteiger partial charge in [0.2, 0.25) is 0 Å². The van der Waals surface area contributed by atoms with Gasteiger partial charge in [0.05, 0.1) is 12.2 Å². The Bertz CT molecular complexity index is 915. The smallest absolute Gasteiger partial charge is 0.193 e. The zero-order valence-electron chi connectivity index (χ0n) is 17.1. The van der Waals surface area contributed by atoms with Crippen molar-refractivity contribution in [3.05, 3.63) is 68.8 Å². The van der Waals surface area contributed by atoms with Crippen LogP contribution in [0.25, 0.3) is 0 Å². The fourth-order valence-electron chi connectivity index (χ4n) is 3.98. The van der Waals surface area contributed by atoms with Gasteiger partial charge in [0.25, 0.3) is 0 Å². The van der Waals surface area contributed by atoms with Crippen molar-refractivity contribution in [1.82, 2.24) is 0 Å². The number of hydrogen-bond acceptors (Lipinski definition) is 4. The maximum absolute atomic E-state index is 13.6. The number of ketones is 2. The summed E-state index contributed by atoms with van der Waals surface area (Å²) in [6.07, 6.45) is -0.374. The quantitative estimate of drug-likeness (QED) is 0.374. The number of Topliss-reactive ketones (excluding diaryl/α,β-unsaturated/α-hetero) is 2. The third kappa shape index (κ3) is 3.68. The van der Waals surface area contributed by atoms with Crippen LogP contribution in [-0.4, -0.2) is 17.7 Å². The minimum Gasteiger partial charge on any atom is -0.292 e. The van der Waals surface area contributed by atoms with Crippen LogP contribution < -0.4 is 0 Å². The van der Waals surface area contributed by atoms with Crippen LogP contribution in [-0.2, 0) is 4.57 Å². The standard InChI is InChI=1S/C23H24NO3P/c1-13-7-15(3)19(16(4)8-13)21(25)23(11-24,12-28-27)22(26)20-17(5)9-14(2)10-18(20)6/h7-10H,12H2,1-6H3. The van der Waals surface area contributed by atoms with Gasteiger partial charge in [-0.05, 0) is 63.8 Å².